The molecule has 0 unspecified atom stereocenters. The molecular weight excluding hydrogens is 452 g/mol. The van der Waals surface area contributed by atoms with Gasteiger partial charge in [-0.25, -0.2) is 4.98 Å². The third kappa shape index (κ3) is 15.3. The number of anilines is 2. The van der Waals surface area contributed by atoms with Gasteiger partial charge >= 0.3 is 0 Å². The zero-order valence-electron chi connectivity index (χ0n) is 23.9. The number of hydrogen-bond acceptors (Lipinski definition) is 3. The maximum Gasteiger partial charge on any atom is 0.137 e. The van der Waals surface area contributed by atoms with Crippen LogP contribution in [-0.2, 0) is 19.9 Å². The molecule has 1 aromatic heterocycles. The van der Waals surface area contributed by atoms with Crippen LogP contribution in [-0.4, -0.2) is 14.8 Å². The zero-order valence-corrected chi connectivity index (χ0v) is 23.9. The van der Waals surface area contributed by atoms with Crippen LogP contribution in [0.5, 0.6) is 0 Å². The standard InChI is InChI=1S/C30H47N.C3H5N3/c1-3-5-7-9-11-13-15-17-27-19-23-29(24-20-27)31-30-25-21-28(22-26-30)18-16-14-12-10-8-6-4-2;1-6-3-4-2-5-6/h19-26,31H,3-18H2,1-2H3;2-3H,1H3. The maximum absolute atomic E-state index is 3.72. The van der Waals surface area contributed by atoms with Crippen LogP contribution in [0.3, 0.4) is 0 Å². The van der Waals surface area contributed by atoms with Crippen molar-refractivity contribution in [2.45, 2.75) is 117 Å². The lowest BCUT2D eigenvalue weighted by Gasteiger charge is -2.09. The van der Waals surface area contributed by atoms with Crippen LogP contribution >= 0.6 is 0 Å². The van der Waals surface area contributed by atoms with Gasteiger partial charge in [-0.3, -0.25) is 4.68 Å². The number of unbranched alkanes of at least 4 members (excludes halogenated alkanes) is 12. The Morgan fingerprint density at radius 2 is 0.973 bits per heavy atom. The molecule has 0 saturated carbocycles. The van der Waals surface area contributed by atoms with Gasteiger partial charge in [0, 0.05) is 18.4 Å². The van der Waals surface area contributed by atoms with Gasteiger partial charge in [0.25, 0.3) is 0 Å². The first-order valence-electron chi connectivity index (χ1n) is 14.9. The average molecular weight is 505 g/mol. The van der Waals surface area contributed by atoms with Gasteiger partial charge in [0.15, 0.2) is 0 Å². The Hall–Kier alpha value is -2.62. The topological polar surface area (TPSA) is 42.7 Å². The number of aryl methyl sites for hydroxylation is 3. The molecule has 3 rings (SSSR count). The lowest BCUT2D eigenvalue weighted by Crippen LogP contribution is -1.93. The van der Waals surface area contributed by atoms with Crippen molar-refractivity contribution < 1.29 is 0 Å². The van der Waals surface area contributed by atoms with Crippen LogP contribution in [0.2, 0.25) is 0 Å². The SMILES string of the molecule is CCCCCCCCCc1ccc(Nc2ccc(CCCCCCCCC)cc2)cc1.Cn1cncn1. The van der Waals surface area contributed by atoms with Crippen molar-refractivity contribution in [1.82, 2.24) is 14.8 Å². The first kappa shape index (κ1) is 30.6. The van der Waals surface area contributed by atoms with Crippen LogP contribution in [0.4, 0.5) is 11.4 Å². The van der Waals surface area contributed by atoms with E-state index in [0.717, 1.165) is 0 Å². The minimum absolute atomic E-state index is 1.18. The molecule has 4 nitrogen and oxygen atoms in total. The maximum atomic E-state index is 3.72. The van der Waals surface area contributed by atoms with Crippen molar-refractivity contribution in [2.75, 3.05) is 5.32 Å². The summed E-state index contributed by atoms with van der Waals surface area (Å²) in [5.41, 5.74) is 5.29. The van der Waals surface area contributed by atoms with Crippen LogP contribution in [0.1, 0.15) is 115 Å². The van der Waals surface area contributed by atoms with Crippen molar-refractivity contribution in [3.63, 3.8) is 0 Å². The molecule has 0 atom stereocenters. The number of nitrogens with zero attached hydrogens (tertiary/aromatic N) is 3. The molecule has 0 aliphatic carbocycles. The highest BCUT2D eigenvalue weighted by molar-refractivity contribution is 5.60. The van der Waals surface area contributed by atoms with Gasteiger partial charge in [0.05, 0.1) is 0 Å². The van der Waals surface area contributed by atoms with E-state index >= 15 is 0 Å². The molecule has 0 amide bonds. The van der Waals surface area contributed by atoms with Crippen molar-refractivity contribution in [1.29, 1.82) is 0 Å². The molecule has 0 aliphatic heterocycles. The Morgan fingerprint density at radius 1 is 0.568 bits per heavy atom. The fraction of sp³-hybridized carbons (Fsp3) is 0.576. The van der Waals surface area contributed by atoms with Crippen LogP contribution in [0.15, 0.2) is 61.2 Å². The van der Waals surface area contributed by atoms with Crippen LogP contribution in [0.25, 0.3) is 0 Å². The predicted octanol–water partition coefficient (Wildman–Crippen LogP) is 9.83. The van der Waals surface area contributed by atoms with Gasteiger partial charge in [-0.05, 0) is 61.1 Å². The van der Waals surface area contributed by atoms with E-state index in [1.54, 1.807) is 11.0 Å². The van der Waals surface area contributed by atoms with E-state index < -0.39 is 0 Å². The number of benzene rings is 2. The summed E-state index contributed by atoms with van der Waals surface area (Å²) in [6.07, 6.45) is 24.9. The lowest BCUT2D eigenvalue weighted by atomic mass is 10.0. The third-order valence-corrected chi connectivity index (χ3v) is 6.87. The van der Waals surface area contributed by atoms with Gasteiger partial charge < -0.3 is 5.32 Å². The van der Waals surface area contributed by atoms with E-state index in [1.807, 2.05) is 7.05 Å². The summed E-state index contributed by atoms with van der Waals surface area (Å²) in [6, 6.07) is 18.0. The fourth-order valence-electron chi connectivity index (χ4n) is 4.52. The second-order valence-corrected chi connectivity index (χ2v) is 10.3. The van der Waals surface area contributed by atoms with Crippen molar-refractivity contribution in [3.05, 3.63) is 72.3 Å². The summed E-state index contributed by atoms with van der Waals surface area (Å²) in [6.45, 7) is 4.57. The molecule has 0 bridgehead atoms. The molecule has 0 fully saturated rings. The van der Waals surface area contributed by atoms with Crippen molar-refractivity contribution in [3.8, 4) is 0 Å². The molecule has 4 heteroatoms. The Morgan fingerprint density at radius 3 is 1.30 bits per heavy atom. The second-order valence-electron chi connectivity index (χ2n) is 10.3. The van der Waals surface area contributed by atoms with Gasteiger partial charge in [-0.2, -0.15) is 5.10 Å². The molecule has 2 aromatic carbocycles. The summed E-state index contributed by atoms with van der Waals surface area (Å²) >= 11 is 0. The molecule has 1 heterocycles. The Labute approximate surface area is 227 Å². The van der Waals surface area contributed by atoms with Crippen molar-refractivity contribution in [2.24, 2.45) is 7.05 Å². The normalized spacial score (nSPS) is 10.7. The number of aromatic nitrogens is 3. The molecule has 204 valence electrons. The lowest BCUT2D eigenvalue weighted by molar-refractivity contribution is 0.589. The summed E-state index contributed by atoms with van der Waals surface area (Å²) in [5.74, 6) is 0. The minimum Gasteiger partial charge on any atom is -0.356 e. The average Bonchev–Trinajstić information content (AvgIpc) is 3.41. The zero-order chi connectivity index (χ0) is 26.4. The first-order valence-corrected chi connectivity index (χ1v) is 14.9. The van der Waals surface area contributed by atoms with Gasteiger partial charge in [0.2, 0.25) is 0 Å². The molecule has 0 saturated heterocycles. The molecule has 0 aliphatic rings. The van der Waals surface area contributed by atoms with E-state index in [0.29, 0.717) is 0 Å². The third-order valence-electron chi connectivity index (χ3n) is 6.87. The van der Waals surface area contributed by atoms with Gasteiger partial charge in [0.1, 0.15) is 12.7 Å². The Balaban J connectivity index is 0.000000700. The number of rotatable bonds is 18. The van der Waals surface area contributed by atoms with Gasteiger partial charge in [-0.1, -0.05) is 115 Å². The summed E-state index contributed by atoms with van der Waals surface area (Å²) < 4.78 is 1.64. The smallest absolute Gasteiger partial charge is 0.137 e. The van der Waals surface area contributed by atoms with E-state index in [-0.39, 0.29) is 0 Å². The Kier molecular flexibility index (Phi) is 16.9. The highest BCUT2D eigenvalue weighted by Gasteiger charge is 1.99. The quantitative estimate of drug-likeness (QED) is 0.175. The first-order chi connectivity index (χ1) is 18.2. The van der Waals surface area contributed by atoms with E-state index in [2.05, 4.69) is 77.8 Å². The van der Waals surface area contributed by atoms with Crippen molar-refractivity contribution >= 4 is 11.4 Å². The highest BCUT2D eigenvalue weighted by Crippen LogP contribution is 2.20. The molecule has 3 aromatic rings. The Bertz CT molecular complexity index is 826. The summed E-state index contributed by atoms with van der Waals surface area (Å²) in [5, 5.41) is 7.27. The second kappa shape index (κ2) is 20.4. The number of nitrogens with one attached hydrogen (secondary N) is 1. The van der Waals surface area contributed by atoms with E-state index in [4.69, 9.17) is 0 Å². The molecule has 1 N–H and O–H groups in total. The molecule has 0 radical (unpaired) electrons. The summed E-state index contributed by atoms with van der Waals surface area (Å²) in [4.78, 5) is 3.67. The fourth-order valence-corrected chi connectivity index (χ4v) is 4.52. The monoisotopic (exact) mass is 504 g/mol. The van der Waals surface area contributed by atoms with Crippen LogP contribution < -0.4 is 5.32 Å². The van der Waals surface area contributed by atoms with Crippen LogP contribution in [0, 0.1) is 0 Å². The molecule has 0 spiro atoms. The molecule has 37 heavy (non-hydrogen) atoms. The minimum atomic E-state index is 1.18. The molecular formula is C33H52N4. The van der Waals surface area contributed by atoms with Gasteiger partial charge in [-0.15, -0.1) is 0 Å². The highest BCUT2D eigenvalue weighted by atomic mass is 15.3. The summed E-state index contributed by atoms with van der Waals surface area (Å²) in [7, 11) is 1.83. The predicted molar refractivity (Wildman–Crippen MR) is 161 cm³/mol. The van der Waals surface area contributed by atoms with E-state index in [9.17, 15) is 0 Å². The number of hydrogen-bond donors (Lipinski definition) is 1. The largest absolute Gasteiger partial charge is 0.356 e. The van der Waals surface area contributed by atoms with E-state index in [1.165, 1.54) is 132 Å².